The molecule has 2 aromatic heterocycles. The van der Waals surface area contributed by atoms with E-state index in [4.69, 9.17) is 9.47 Å². The van der Waals surface area contributed by atoms with Crippen molar-refractivity contribution in [2.75, 3.05) is 31.6 Å². The topological polar surface area (TPSA) is 76.6 Å². The highest BCUT2D eigenvalue weighted by atomic mass is 16.6. The van der Waals surface area contributed by atoms with Crippen molar-refractivity contribution in [1.82, 2.24) is 14.9 Å². The monoisotopic (exact) mass is 392 g/mol. The number of hydrogen-bond donors (Lipinski definition) is 1. The van der Waals surface area contributed by atoms with Gasteiger partial charge in [0.25, 0.3) is 5.91 Å². The summed E-state index contributed by atoms with van der Waals surface area (Å²) in [4.78, 5) is 23.9. The van der Waals surface area contributed by atoms with E-state index in [0.29, 0.717) is 49.0 Å². The molecule has 150 valence electrons. The van der Waals surface area contributed by atoms with Gasteiger partial charge in [-0.1, -0.05) is 0 Å². The number of carbonyl (C=O) groups excluding carboxylic acids is 1. The Hall–Kier alpha value is -3.35. The summed E-state index contributed by atoms with van der Waals surface area (Å²) in [6.07, 6.45) is 1.61. The van der Waals surface area contributed by atoms with E-state index in [9.17, 15) is 4.79 Å². The molecule has 0 bridgehead atoms. The van der Waals surface area contributed by atoms with E-state index in [2.05, 4.69) is 15.3 Å². The smallest absolute Gasteiger partial charge is 0.257 e. The average Bonchev–Trinajstić information content (AvgIpc) is 2.74. The normalized spacial score (nSPS) is 12.7. The molecule has 7 nitrogen and oxygen atoms in total. The van der Waals surface area contributed by atoms with Gasteiger partial charge in [-0.15, -0.1) is 0 Å². The van der Waals surface area contributed by atoms with Crippen LogP contribution in [0.3, 0.4) is 0 Å². The Bertz CT molecular complexity index is 1060. The SMILES string of the molecule is CCN(CC)C(=O)c1cnc2nc(C)ccc2c1Nc1ccc2c(c1)OCCO2. The Morgan fingerprint density at radius 3 is 2.62 bits per heavy atom. The summed E-state index contributed by atoms with van der Waals surface area (Å²) in [6.45, 7) is 8.17. The van der Waals surface area contributed by atoms with Crippen molar-refractivity contribution < 1.29 is 14.3 Å². The Labute approximate surface area is 169 Å². The summed E-state index contributed by atoms with van der Waals surface area (Å²) in [6, 6.07) is 9.53. The first kappa shape index (κ1) is 19.0. The number of aromatic nitrogens is 2. The number of pyridine rings is 2. The number of carbonyl (C=O) groups is 1. The van der Waals surface area contributed by atoms with Gasteiger partial charge in [-0.05, 0) is 45.0 Å². The lowest BCUT2D eigenvalue weighted by molar-refractivity contribution is 0.0773. The van der Waals surface area contributed by atoms with E-state index in [1.54, 1.807) is 11.1 Å². The van der Waals surface area contributed by atoms with E-state index >= 15 is 0 Å². The van der Waals surface area contributed by atoms with Crippen molar-refractivity contribution in [3.8, 4) is 11.5 Å². The fraction of sp³-hybridized carbons (Fsp3) is 0.318. The summed E-state index contributed by atoms with van der Waals surface area (Å²) in [5, 5.41) is 4.20. The molecule has 1 amide bonds. The fourth-order valence-corrected chi connectivity index (χ4v) is 3.42. The van der Waals surface area contributed by atoms with Crippen molar-refractivity contribution in [2.24, 2.45) is 0 Å². The molecule has 0 atom stereocenters. The predicted molar refractivity (Wildman–Crippen MR) is 112 cm³/mol. The largest absolute Gasteiger partial charge is 0.486 e. The molecule has 0 saturated heterocycles. The van der Waals surface area contributed by atoms with Crippen LogP contribution >= 0.6 is 0 Å². The van der Waals surface area contributed by atoms with E-state index < -0.39 is 0 Å². The van der Waals surface area contributed by atoms with Crippen LogP contribution in [0.1, 0.15) is 29.9 Å². The zero-order chi connectivity index (χ0) is 20.4. The van der Waals surface area contributed by atoms with Gasteiger partial charge in [0, 0.05) is 42.1 Å². The lowest BCUT2D eigenvalue weighted by atomic mass is 10.1. The zero-order valence-electron chi connectivity index (χ0n) is 16.9. The minimum Gasteiger partial charge on any atom is -0.486 e. The second kappa shape index (κ2) is 7.95. The van der Waals surface area contributed by atoms with Gasteiger partial charge in [-0.25, -0.2) is 9.97 Å². The van der Waals surface area contributed by atoms with Crippen molar-refractivity contribution >= 4 is 28.3 Å². The van der Waals surface area contributed by atoms with Crippen LogP contribution in [0.2, 0.25) is 0 Å². The summed E-state index contributed by atoms with van der Waals surface area (Å²) in [7, 11) is 0. The number of anilines is 2. The summed E-state index contributed by atoms with van der Waals surface area (Å²) >= 11 is 0. The number of nitrogens with zero attached hydrogens (tertiary/aromatic N) is 3. The molecule has 4 rings (SSSR count). The van der Waals surface area contributed by atoms with Crippen LogP contribution < -0.4 is 14.8 Å². The van der Waals surface area contributed by atoms with Crippen LogP contribution in [0.25, 0.3) is 11.0 Å². The van der Waals surface area contributed by atoms with E-state index in [0.717, 1.165) is 22.5 Å². The van der Waals surface area contributed by atoms with Crippen LogP contribution in [0.15, 0.2) is 36.5 Å². The van der Waals surface area contributed by atoms with Crippen LogP contribution in [-0.4, -0.2) is 47.1 Å². The molecule has 1 aliphatic rings. The minimum atomic E-state index is -0.0648. The second-order valence-corrected chi connectivity index (χ2v) is 6.83. The standard InChI is InChI=1S/C22H24N4O3/c1-4-26(5-2)22(27)17-13-23-21-16(8-6-14(3)24-21)20(17)25-15-7-9-18-19(12-15)29-11-10-28-18/h6-9,12-13H,4-5,10-11H2,1-3H3,(H,23,24,25). The Balaban J connectivity index is 1.82. The molecule has 1 aliphatic heterocycles. The van der Waals surface area contributed by atoms with Gasteiger partial charge in [0.15, 0.2) is 17.1 Å². The third-order valence-corrected chi connectivity index (χ3v) is 4.96. The Kier molecular flexibility index (Phi) is 5.20. The molecule has 1 N–H and O–H groups in total. The number of rotatable bonds is 5. The summed E-state index contributed by atoms with van der Waals surface area (Å²) in [5.74, 6) is 1.34. The molecule has 7 heteroatoms. The third-order valence-electron chi connectivity index (χ3n) is 4.96. The molecule has 0 saturated carbocycles. The molecule has 0 fully saturated rings. The van der Waals surface area contributed by atoms with Gasteiger partial charge in [0.1, 0.15) is 13.2 Å². The number of ether oxygens (including phenoxy) is 2. The second-order valence-electron chi connectivity index (χ2n) is 6.83. The Morgan fingerprint density at radius 2 is 1.86 bits per heavy atom. The summed E-state index contributed by atoms with van der Waals surface area (Å²) in [5.41, 5.74) is 3.48. The first-order chi connectivity index (χ1) is 14.1. The molecule has 0 aliphatic carbocycles. The molecule has 0 spiro atoms. The van der Waals surface area contributed by atoms with Crippen LogP contribution in [-0.2, 0) is 0 Å². The first-order valence-corrected chi connectivity index (χ1v) is 9.83. The van der Waals surface area contributed by atoms with Crippen LogP contribution in [0.5, 0.6) is 11.5 Å². The van der Waals surface area contributed by atoms with E-state index in [1.165, 1.54) is 0 Å². The molecule has 0 radical (unpaired) electrons. The van der Waals surface area contributed by atoms with Gasteiger partial charge < -0.3 is 19.7 Å². The van der Waals surface area contributed by atoms with Crippen LogP contribution in [0.4, 0.5) is 11.4 Å². The predicted octanol–water partition coefficient (Wildman–Crippen LogP) is 3.94. The molecule has 0 unspecified atom stereocenters. The minimum absolute atomic E-state index is 0.0648. The number of fused-ring (bicyclic) bond motifs is 2. The van der Waals surface area contributed by atoms with Crippen molar-refractivity contribution in [3.63, 3.8) is 0 Å². The number of benzene rings is 1. The van der Waals surface area contributed by atoms with Crippen molar-refractivity contribution in [3.05, 3.63) is 47.8 Å². The van der Waals surface area contributed by atoms with Gasteiger partial charge in [0.2, 0.25) is 0 Å². The van der Waals surface area contributed by atoms with Crippen molar-refractivity contribution in [2.45, 2.75) is 20.8 Å². The maximum Gasteiger partial charge on any atom is 0.257 e. The van der Waals surface area contributed by atoms with Gasteiger partial charge in [-0.3, -0.25) is 4.79 Å². The van der Waals surface area contributed by atoms with Crippen LogP contribution in [0, 0.1) is 6.92 Å². The molecule has 3 aromatic rings. The molecule has 1 aromatic carbocycles. The number of nitrogens with one attached hydrogen (secondary N) is 1. The van der Waals surface area contributed by atoms with E-state index in [-0.39, 0.29) is 5.91 Å². The Morgan fingerprint density at radius 1 is 1.10 bits per heavy atom. The number of amides is 1. The number of hydrogen-bond acceptors (Lipinski definition) is 6. The van der Waals surface area contributed by atoms with Gasteiger partial charge in [-0.2, -0.15) is 0 Å². The molecular formula is C22H24N4O3. The average molecular weight is 392 g/mol. The number of aryl methyl sites for hydroxylation is 1. The third kappa shape index (κ3) is 3.68. The lowest BCUT2D eigenvalue weighted by Gasteiger charge is -2.22. The van der Waals surface area contributed by atoms with Gasteiger partial charge >= 0.3 is 0 Å². The molecule has 3 heterocycles. The molecular weight excluding hydrogens is 368 g/mol. The van der Waals surface area contributed by atoms with Crippen molar-refractivity contribution in [1.29, 1.82) is 0 Å². The quantitative estimate of drug-likeness (QED) is 0.709. The summed E-state index contributed by atoms with van der Waals surface area (Å²) < 4.78 is 11.3. The fourth-order valence-electron chi connectivity index (χ4n) is 3.42. The lowest BCUT2D eigenvalue weighted by Crippen LogP contribution is -2.31. The highest BCUT2D eigenvalue weighted by Gasteiger charge is 2.21. The highest BCUT2D eigenvalue weighted by Crippen LogP contribution is 2.35. The first-order valence-electron chi connectivity index (χ1n) is 9.83. The highest BCUT2D eigenvalue weighted by molar-refractivity contribution is 6.07. The molecule has 29 heavy (non-hydrogen) atoms. The van der Waals surface area contributed by atoms with Gasteiger partial charge in [0.05, 0.1) is 11.3 Å². The van der Waals surface area contributed by atoms with E-state index in [1.807, 2.05) is 51.1 Å². The zero-order valence-corrected chi connectivity index (χ0v) is 16.9. The maximum atomic E-state index is 13.1. The maximum absolute atomic E-state index is 13.1.